The van der Waals surface area contributed by atoms with E-state index in [-0.39, 0.29) is 11.5 Å². The maximum absolute atomic E-state index is 11.4. The first kappa shape index (κ1) is 17.5. The van der Waals surface area contributed by atoms with Gasteiger partial charge in [-0.1, -0.05) is 12.5 Å². The first-order valence-electron chi connectivity index (χ1n) is 9.36. The van der Waals surface area contributed by atoms with Gasteiger partial charge < -0.3 is 15.3 Å². The van der Waals surface area contributed by atoms with Gasteiger partial charge in [0.1, 0.15) is 17.2 Å². The number of carbonyl (C=O) groups excluding carboxylic acids is 1. The third-order valence-corrected chi connectivity index (χ3v) is 4.86. The Balaban J connectivity index is 1.59. The highest BCUT2D eigenvalue weighted by atomic mass is 16.3. The molecule has 1 aliphatic heterocycles. The van der Waals surface area contributed by atoms with Crippen molar-refractivity contribution in [2.75, 3.05) is 31.5 Å². The number of piperidine rings is 1. The lowest BCUT2D eigenvalue weighted by molar-refractivity contribution is -0.110. The lowest BCUT2D eigenvalue weighted by Gasteiger charge is -2.26. The Hall–Kier alpha value is -2.93. The lowest BCUT2D eigenvalue weighted by Crippen LogP contribution is -2.33. The van der Waals surface area contributed by atoms with E-state index < -0.39 is 0 Å². The number of anilines is 1. The predicted octanol–water partition coefficient (Wildman–Crippen LogP) is 2.89. The SMILES string of the molecule is O=C1C=CC(=Nc2c(NCCN3CCCCC3)nn3ccccc23)C(O)=C1. The first-order chi connectivity index (χ1) is 13.2. The average molecular weight is 365 g/mol. The summed E-state index contributed by atoms with van der Waals surface area (Å²) in [6.07, 6.45) is 9.83. The van der Waals surface area contributed by atoms with Gasteiger partial charge in [0.05, 0.1) is 5.52 Å². The molecule has 2 N–H and O–H groups in total. The second-order valence-electron chi connectivity index (χ2n) is 6.82. The highest BCUT2D eigenvalue weighted by Crippen LogP contribution is 2.30. The topological polar surface area (TPSA) is 82.2 Å². The van der Waals surface area contributed by atoms with E-state index in [2.05, 4.69) is 20.3 Å². The van der Waals surface area contributed by atoms with Crippen LogP contribution < -0.4 is 5.32 Å². The van der Waals surface area contributed by atoms with Crippen LogP contribution in [0.4, 0.5) is 11.5 Å². The average Bonchev–Trinajstić information content (AvgIpc) is 3.02. The second-order valence-corrected chi connectivity index (χ2v) is 6.82. The van der Waals surface area contributed by atoms with Gasteiger partial charge in [0.2, 0.25) is 0 Å². The molecule has 7 heteroatoms. The van der Waals surface area contributed by atoms with Crippen LogP contribution in [0.2, 0.25) is 0 Å². The van der Waals surface area contributed by atoms with Crippen LogP contribution in [-0.2, 0) is 4.79 Å². The number of pyridine rings is 1. The van der Waals surface area contributed by atoms with Gasteiger partial charge in [0.15, 0.2) is 11.6 Å². The molecule has 4 rings (SSSR count). The van der Waals surface area contributed by atoms with Gasteiger partial charge in [-0.25, -0.2) is 9.51 Å². The molecule has 2 aromatic heterocycles. The van der Waals surface area contributed by atoms with Crippen LogP contribution in [0.3, 0.4) is 0 Å². The van der Waals surface area contributed by atoms with E-state index in [9.17, 15) is 9.90 Å². The van der Waals surface area contributed by atoms with E-state index in [4.69, 9.17) is 0 Å². The van der Waals surface area contributed by atoms with Crippen LogP contribution in [0.1, 0.15) is 19.3 Å². The van der Waals surface area contributed by atoms with Crippen LogP contribution in [0.25, 0.3) is 5.52 Å². The molecule has 1 saturated heterocycles. The van der Waals surface area contributed by atoms with Gasteiger partial charge in [-0.05, 0) is 50.2 Å². The Morgan fingerprint density at radius 3 is 2.85 bits per heavy atom. The Morgan fingerprint density at radius 2 is 2.04 bits per heavy atom. The number of rotatable bonds is 5. The van der Waals surface area contributed by atoms with Crippen molar-refractivity contribution in [1.29, 1.82) is 0 Å². The van der Waals surface area contributed by atoms with E-state index in [1.165, 1.54) is 37.5 Å². The molecule has 2 aliphatic rings. The summed E-state index contributed by atoms with van der Waals surface area (Å²) in [7, 11) is 0. The van der Waals surface area contributed by atoms with Crippen molar-refractivity contribution in [1.82, 2.24) is 14.5 Å². The molecule has 0 radical (unpaired) electrons. The molecule has 27 heavy (non-hydrogen) atoms. The van der Waals surface area contributed by atoms with Gasteiger partial charge in [0.25, 0.3) is 0 Å². The fourth-order valence-corrected chi connectivity index (χ4v) is 3.45. The third-order valence-electron chi connectivity index (χ3n) is 4.86. The fraction of sp³-hybridized carbons (Fsp3) is 0.350. The summed E-state index contributed by atoms with van der Waals surface area (Å²) < 4.78 is 1.76. The van der Waals surface area contributed by atoms with Crippen molar-refractivity contribution in [3.63, 3.8) is 0 Å². The highest BCUT2D eigenvalue weighted by Gasteiger charge is 2.16. The van der Waals surface area contributed by atoms with Gasteiger partial charge in [-0.2, -0.15) is 0 Å². The Labute approximate surface area is 157 Å². The van der Waals surface area contributed by atoms with E-state index >= 15 is 0 Å². The molecule has 0 aromatic carbocycles. The van der Waals surface area contributed by atoms with E-state index in [0.717, 1.165) is 31.7 Å². The molecule has 0 spiro atoms. The van der Waals surface area contributed by atoms with Gasteiger partial charge in [-0.3, -0.25) is 4.79 Å². The lowest BCUT2D eigenvalue weighted by atomic mass is 10.1. The summed E-state index contributed by atoms with van der Waals surface area (Å²) in [4.78, 5) is 18.4. The zero-order valence-corrected chi connectivity index (χ0v) is 15.1. The Bertz CT molecular complexity index is 935. The number of ketones is 1. The quantitative estimate of drug-likeness (QED) is 0.796. The summed E-state index contributed by atoms with van der Waals surface area (Å²) in [6, 6.07) is 5.76. The van der Waals surface area contributed by atoms with E-state index in [1.807, 2.05) is 24.4 Å². The van der Waals surface area contributed by atoms with E-state index in [1.54, 1.807) is 4.52 Å². The number of allylic oxidation sites excluding steroid dienone is 3. The van der Waals surface area contributed by atoms with Gasteiger partial charge in [0, 0.05) is 25.4 Å². The summed E-state index contributed by atoms with van der Waals surface area (Å²) in [6.45, 7) is 4.04. The molecule has 7 nitrogen and oxygen atoms in total. The van der Waals surface area contributed by atoms with Gasteiger partial charge in [-0.15, -0.1) is 5.10 Å². The molecular weight excluding hydrogens is 342 g/mol. The zero-order valence-electron chi connectivity index (χ0n) is 15.1. The van der Waals surface area contributed by atoms with Crippen LogP contribution in [0, 0.1) is 0 Å². The zero-order chi connectivity index (χ0) is 18.6. The number of hydrogen-bond acceptors (Lipinski definition) is 6. The molecule has 0 amide bonds. The molecule has 2 aromatic rings. The molecule has 1 fully saturated rings. The molecule has 0 atom stereocenters. The number of carbonyl (C=O) groups is 1. The number of aliphatic hydroxyl groups is 1. The minimum absolute atomic E-state index is 0.128. The molecule has 1 aliphatic carbocycles. The first-order valence-corrected chi connectivity index (χ1v) is 9.36. The fourth-order valence-electron chi connectivity index (χ4n) is 3.45. The summed E-state index contributed by atoms with van der Waals surface area (Å²) in [5.74, 6) is 0.298. The number of aliphatic hydroxyl groups excluding tert-OH is 1. The number of likely N-dealkylation sites (tertiary alicyclic amines) is 1. The third kappa shape index (κ3) is 3.93. The molecule has 0 bridgehead atoms. The van der Waals surface area contributed by atoms with Crippen LogP contribution in [0.5, 0.6) is 0 Å². The number of aromatic nitrogens is 2. The van der Waals surface area contributed by atoms with Crippen molar-refractivity contribution in [2.45, 2.75) is 19.3 Å². The van der Waals surface area contributed by atoms with E-state index in [0.29, 0.717) is 17.2 Å². The Morgan fingerprint density at radius 1 is 1.19 bits per heavy atom. The summed E-state index contributed by atoms with van der Waals surface area (Å²) >= 11 is 0. The number of fused-ring (bicyclic) bond motifs is 1. The monoisotopic (exact) mass is 365 g/mol. The normalized spacial score (nSPS) is 19.6. The Kier molecular flexibility index (Phi) is 5.02. The van der Waals surface area contributed by atoms with Crippen molar-refractivity contribution < 1.29 is 9.90 Å². The molecule has 3 heterocycles. The summed E-state index contributed by atoms with van der Waals surface area (Å²) in [5, 5.41) is 18.0. The predicted molar refractivity (Wildman–Crippen MR) is 106 cm³/mol. The van der Waals surface area contributed by atoms with Crippen molar-refractivity contribution >= 4 is 28.5 Å². The number of hydrogen-bond donors (Lipinski definition) is 2. The highest BCUT2D eigenvalue weighted by molar-refractivity contribution is 6.19. The van der Waals surface area contributed by atoms with Crippen LogP contribution >= 0.6 is 0 Å². The minimum atomic E-state index is -0.244. The van der Waals surface area contributed by atoms with Crippen molar-refractivity contribution in [2.24, 2.45) is 4.99 Å². The largest absolute Gasteiger partial charge is 0.506 e. The maximum Gasteiger partial charge on any atom is 0.182 e. The van der Waals surface area contributed by atoms with Crippen molar-refractivity contribution in [3.05, 3.63) is 48.4 Å². The van der Waals surface area contributed by atoms with Crippen LogP contribution in [-0.4, -0.2) is 57.3 Å². The number of aliphatic imine (C=N–C) groups is 1. The second kappa shape index (κ2) is 7.75. The summed E-state index contributed by atoms with van der Waals surface area (Å²) in [5.41, 5.74) is 1.85. The standard InChI is InChI=1S/C20H23N5O2/c26-15-7-8-16(18(27)14-15)22-19-17-6-2-5-12-25(17)23-20(19)21-9-13-24-10-3-1-4-11-24/h2,5-8,12,14,27H,1,3-4,9-11,13H2,(H,21,23). The number of nitrogens with one attached hydrogen (secondary N) is 1. The molecular formula is C20H23N5O2. The van der Waals surface area contributed by atoms with Crippen LogP contribution in [0.15, 0.2) is 53.4 Å². The molecule has 140 valence electrons. The minimum Gasteiger partial charge on any atom is -0.506 e. The van der Waals surface area contributed by atoms with Gasteiger partial charge >= 0.3 is 0 Å². The maximum atomic E-state index is 11.4. The molecule has 0 unspecified atom stereocenters. The number of nitrogens with zero attached hydrogens (tertiary/aromatic N) is 4. The smallest absolute Gasteiger partial charge is 0.182 e. The molecule has 0 saturated carbocycles. The van der Waals surface area contributed by atoms with Crippen molar-refractivity contribution in [3.8, 4) is 0 Å².